The van der Waals surface area contributed by atoms with Crippen LogP contribution in [0, 0.1) is 6.92 Å². The molecule has 3 atom stereocenters. The number of hydrogen-bond donors (Lipinski definition) is 1. The quantitative estimate of drug-likeness (QED) is 0.485. The van der Waals surface area contributed by atoms with Gasteiger partial charge in [0.05, 0.1) is 30.1 Å². The number of fused-ring (bicyclic) bond motifs is 2. The highest BCUT2D eigenvalue weighted by atomic mass is 16.5. The molecule has 3 aliphatic rings. The van der Waals surface area contributed by atoms with Crippen molar-refractivity contribution >= 4 is 22.6 Å². The molecule has 1 aromatic carbocycles. The van der Waals surface area contributed by atoms with Crippen molar-refractivity contribution in [1.82, 2.24) is 30.0 Å². The van der Waals surface area contributed by atoms with Crippen LogP contribution in [-0.4, -0.2) is 87.8 Å². The van der Waals surface area contributed by atoms with Crippen molar-refractivity contribution in [2.45, 2.75) is 57.9 Å². The summed E-state index contributed by atoms with van der Waals surface area (Å²) in [6.07, 6.45) is 6.05. The molecule has 0 saturated carbocycles. The molecular formula is C29H37N7O3. The first-order valence-corrected chi connectivity index (χ1v) is 13.9. The van der Waals surface area contributed by atoms with E-state index in [0.717, 1.165) is 46.5 Å². The third kappa shape index (κ3) is 4.87. The molecule has 3 aliphatic heterocycles. The van der Waals surface area contributed by atoms with E-state index in [4.69, 9.17) is 19.4 Å². The third-order valence-corrected chi connectivity index (χ3v) is 8.52. The molecule has 206 valence electrons. The van der Waals surface area contributed by atoms with Gasteiger partial charge < -0.3 is 24.2 Å². The molecule has 1 N–H and O–H groups in total. The standard InChI is InChI=1S/C29H37N7O3/c1-5-26(37)36-12-11-35(15-19(36)3)28-22-17-38-25(27-18(2)8-9-23-21(27)14-30-33-23)13-24(22)31-29(32-28)39-16-20-7-6-10-34(20)4/h5,8-9,14,19-20,25H,1,6-7,10-13,15-17H2,2-4H3,(H,30,33)/t19-,20+,25?/m1/s1. The number of benzene rings is 1. The van der Waals surface area contributed by atoms with Crippen LogP contribution in [0.4, 0.5) is 5.82 Å². The lowest BCUT2D eigenvalue weighted by Crippen LogP contribution is -2.54. The highest BCUT2D eigenvalue weighted by molar-refractivity contribution is 5.87. The van der Waals surface area contributed by atoms with E-state index in [1.807, 2.05) is 11.1 Å². The van der Waals surface area contributed by atoms with E-state index in [1.165, 1.54) is 18.1 Å². The molecule has 0 spiro atoms. The minimum Gasteiger partial charge on any atom is -0.462 e. The molecule has 5 heterocycles. The molecule has 0 radical (unpaired) electrons. The van der Waals surface area contributed by atoms with Gasteiger partial charge in [-0.05, 0) is 63.6 Å². The van der Waals surface area contributed by atoms with Gasteiger partial charge in [-0.25, -0.2) is 0 Å². The number of aromatic amines is 1. The molecular weight excluding hydrogens is 494 g/mol. The first-order chi connectivity index (χ1) is 18.9. The zero-order valence-electron chi connectivity index (χ0n) is 23.0. The molecule has 2 aromatic heterocycles. The Bertz CT molecular complexity index is 1390. The Morgan fingerprint density at radius 3 is 2.92 bits per heavy atom. The van der Waals surface area contributed by atoms with Gasteiger partial charge in [0.25, 0.3) is 0 Å². The summed E-state index contributed by atoms with van der Waals surface area (Å²) in [5.74, 6) is 0.815. The number of aryl methyl sites for hydroxylation is 1. The number of piperazine rings is 1. The van der Waals surface area contributed by atoms with Crippen LogP contribution in [0.5, 0.6) is 6.01 Å². The Morgan fingerprint density at radius 1 is 1.28 bits per heavy atom. The number of nitrogens with zero attached hydrogens (tertiary/aromatic N) is 6. The molecule has 3 aromatic rings. The first kappa shape index (κ1) is 25.8. The minimum absolute atomic E-state index is 0.0324. The second-order valence-corrected chi connectivity index (χ2v) is 11.0. The number of likely N-dealkylation sites (N-methyl/N-ethyl adjacent to an activating group) is 1. The molecule has 2 saturated heterocycles. The normalized spacial score (nSPS) is 23.7. The van der Waals surface area contributed by atoms with Crippen LogP contribution in [0.3, 0.4) is 0 Å². The highest BCUT2D eigenvalue weighted by Gasteiger charge is 2.33. The van der Waals surface area contributed by atoms with Gasteiger partial charge in [-0.2, -0.15) is 15.1 Å². The van der Waals surface area contributed by atoms with Gasteiger partial charge in [-0.1, -0.05) is 12.6 Å². The Balaban J connectivity index is 1.32. The van der Waals surface area contributed by atoms with Crippen molar-refractivity contribution in [2.75, 3.05) is 44.7 Å². The van der Waals surface area contributed by atoms with Crippen molar-refractivity contribution < 1.29 is 14.3 Å². The second kappa shape index (κ2) is 10.6. The number of carbonyl (C=O) groups excluding carboxylic acids is 1. The molecule has 0 aliphatic carbocycles. The molecule has 10 heteroatoms. The fourth-order valence-electron chi connectivity index (χ4n) is 6.27. The SMILES string of the molecule is C=CC(=O)N1CCN(c2nc(OC[C@@H]3CCCN3C)nc3c2COC(c2c(C)ccc4[nH]ncc24)C3)C[C@H]1C. The average Bonchev–Trinajstić information content (AvgIpc) is 3.59. The van der Waals surface area contributed by atoms with Crippen molar-refractivity contribution in [3.8, 4) is 6.01 Å². The van der Waals surface area contributed by atoms with E-state index in [0.29, 0.717) is 51.3 Å². The maximum absolute atomic E-state index is 12.3. The van der Waals surface area contributed by atoms with Crippen molar-refractivity contribution in [3.05, 3.63) is 53.4 Å². The number of ether oxygens (including phenoxy) is 2. The van der Waals surface area contributed by atoms with Gasteiger partial charge in [0.1, 0.15) is 12.4 Å². The van der Waals surface area contributed by atoms with Crippen LogP contribution in [0.2, 0.25) is 0 Å². The van der Waals surface area contributed by atoms with E-state index >= 15 is 0 Å². The largest absolute Gasteiger partial charge is 0.462 e. The van der Waals surface area contributed by atoms with Crippen LogP contribution in [-0.2, 0) is 22.6 Å². The summed E-state index contributed by atoms with van der Waals surface area (Å²) >= 11 is 0. The summed E-state index contributed by atoms with van der Waals surface area (Å²) in [6, 6.07) is 4.99. The van der Waals surface area contributed by atoms with E-state index in [1.54, 1.807) is 0 Å². The van der Waals surface area contributed by atoms with E-state index in [2.05, 4.69) is 59.6 Å². The van der Waals surface area contributed by atoms with Gasteiger partial charge in [-0.3, -0.25) is 9.89 Å². The Labute approximate surface area is 229 Å². The fourth-order valence-corrected chi connectivity index (χ4v) is 6.27. The molecule has 1 unspecified atom stereocenters. The van der Waals surface area contributed by atoms with E-state index < -0.39 is 0 Å². The van der Waals surface area contributed by atoms with Gasteiger partial charge in [-0.15, -0.1) is 0 Å². The number of carbonyl (C=O) groups is 1. The maximum atomic E-state index is 12.3. The average molecular weight is 532 g/mol. The van der Waals surface area contributed by atoms with Crippen LogP contribution in [0.25, 0.3) is 10.9 Å². The summed E-state index contributed by atoms with van der Waals surface area (Å²) in [6.45, 7) is 11.9. The van der Waals surface area contributed by atoms with E-state index in [-0.39, 0.29) is 18.1 Å². The number of hydrogen-bond acceptors (Lipinski definition) is 8. The fraction of sp³-hybridized carbons (Fsp3) is 0.517. The predicted molar refractivity (Wildman–Crippen MR) is 149 cm³/mol. The minimum atomic E-state index is -0.142. The monoisotopic (exact) mass is 531 g/mol. The Kier molecular flexibility index (Phi) is 6.99. The number of likely N-dealkylation sites (tertiary alicyclic amines) is 1. The number of aromatic nitrogens is 4. The zero-order valence-corrected chi connectivity index (χ0v) is 23.0. The Morgan fingerprint density at radius 2 is 2.15 bits per heavy atom. The third-order valence-electron chi connectivity index (χ3n) is 8.52. The number of anilines is 1. The van der Waals surface area contributed by atoms with Crippen molar-refractivity contribution in [2.24, 2.45) is 0 Å². The number of nitrogens with one attached hydrogen (secondary N) is 1. The lowest BCUT2D eigenvalue weighted by molar-refractivity contribution is -0.128. The van der Waals surface area contributed by atoms with Crippen LogP contribution in [0.1, 0.15) is 48.3 Å². The molecule has 10 nitrogen and oxygen atoms in total. The zero-order chi connectivity index (χ0) is 27.1. The molecule has 6 rings (SSSR count). The maximum Gasteiger partial charge on any atom is 0.318 e. The second-order valence-electron chi connectivity index (χ2n) is 11.0. The van der Waals surface area contributed by atoms with Crippen molar-refractivity contribution in [3.63, 3.8) is 0 Å². The Hall–Kier alpha value is -3.50. The summed E-state index contributed by atoms with van der Waals surface area (Å²) < 4.78 is 12.8. The van der Waals surface area contributed by atoms with Crippen LogP contribution < -0.4 is 9.64 Å². The number of amides is 1. The number of H-pyrrole nitrogens is 1. The highest BCUT2D eigenvalue weighted by Crippen LogP contribution is 2.39. The van der Waals surface area contributed by atoms with Gasteiger partial charge in [0, 0.05) is 49.1 Å². The summed E-state index contributed by atoms with van der Waals surface area (Å²) in [4.78, 5) is 28.7. The molecule has 39 heavy (non-hydrogen) atoms. The van der Waals surface area contributed by atoms with Gasteiger partial charge in [0.15, 0.2) is 0 Å². The van der Waals surface area contributed by atoms with Crippen LogP contribution >= 0.6 is 0 Å². The number of rotatable bonds is 6. The lowest BCUT2D eigenvalue weighted by Gasteiger charge is -2.41. The van der Waals surface area contributed by atoms with E-state index in [9.17, 15) is 4.79 Å². The molecule has 0 bridgehead atoms. The topological polar surface area (TPSA) is 99.7 Å². The van der Waals surface area contributed by atoms with Gasteiger partial charge >= 0.3 is 6.01 Å². The van der Waals surface area contributed by atoms with Crippen molar-refractivity contribution in [1.29, 1.82) is 0 Å². The smallest absolute Gasteiger partial charge is 0.318 e. The summed E-state index contributed by atoms with van der Waals surface area (Å²) in [7, 11) is 2.15. The predicted octanol–water partition coefficient (Wildman–Crippen LogP) is 3.17. The molecule has 1 amide bonds. The summed E-state index contributed by atoms with van der Waals surface area (Å²) in [5, 5.41) is 8.42. The lowest BCUT2D eigenvalue weighted by atomic mass is 9.93. The first-order valence-electron chi connectivity index (χ1n) is 13.9. The summed E-state index contributed by atoms with van der Waals surface area (Å²) in [5.41, 5.74) is 5.28. The molecule has 2 fully saturated rings. The van der Waals surface area contributed by atoms with Gasteiger partial charge in [0.2, 0.25) is 5.91 Å². The van der Waals surface area contributed by atoms with Crippen LogP contribution in [0.15, 0.2) is 31.0 Å².